The summed E-state index contributed by atoms with van der Waals surface area (Å²) >= 11 is 0. The van der Waals surface area contributed by atoms with Crippen LogP contribution in [0.25, 0.3) is 0 Å². The smallest absolute Gasteiger partial charge is 0.173 e. The van der Waals surface area contributed by atoms with Crippen LogP contribution in [0.1, 0.15) is 25.3 Å². The molecule has 0 aliphatic rings. The molecule has 120 valence electrons. The maximum Gasteiger partial charge on any atom is 0.173 e. The number of methoxy groups -OCH3 is 1. The third kappa shape index (κ3) is 6.80. The van der Waals surface area contributed by atoms with Crippen molar-refractivity contribution in [3.05, 3.63) is 29.8 Å². The summed E-state index contributed by atoms with van der Waals surface area (Å²) in [5.41, 5.74) is 1.31. The van der Waals surface area contributed by atoms with E-state index >= 15 is 0 Å². The standard InChI is InChI=1S/C17H32O2Si2/c1-7-14-20(3,4)19-21(5,6)15-10-12-16-11-8-9-13-17(16)18-2/h8-9,11,13H,7,10,12,14-15H2,1-6H3. The lowest BCUT2D eigenvalue weighted by Gasteiger charge is -2.34. The number of rotatable bonds is 9. The summed E-state index contributed by atoms with van der Waals surface area (Å²) in [6.45, 7) is 11.7. The molecule has 0 saturated heterocycles. The van der Waals surface area contributed by atoms with E-state index in [4.69, 9.17) is 8.85 Å². The zero-order valence-electron chi connectivity index (χ0n) is 14.7. The highest BCUT2D eigenvalue weighted by Crippen LogP contribution is 2.26. The van der Waals surface area contributed by atoms with Crippen LogP contribution in [0, 0.1) is 0 Å². The fourth-order valence-corrected chi connectivity index (χ4v) is 12.1. The highest BCUT2D eigenvalue weighted by Gasteiger charge is 2.31. The van der Waals surface area contributed by atoms with Crippen molar-refractivity contribution in [2.24, 2.45) is 0 Å². The number of hydrogen-bond donors (Lipinski definition) is 0. The summed E-state index contributed by atoms with van der Waals surface area (Å²) < 4.78 is 12.0. The molecule has 0 aliphatic heterocycles. The van der Waals surface area contributed by atoms with E-state index in [0.717, 1.165) is 12.2 Å². The molecule has 1 rings (SSSR count). The van der Waals surface area contributed by atoms with Gasteiger partial charge < -0.3 is 8.85 Å². The number of benzene rings is 1. The Bertz CT molecular complexity index is 431. The van der Waals surface area contributed by atoms with Crippen LogP contribution in [0.2, 0.25) is 38.3 Å². The fraction of sp³-hybridized carbons (Fsp3) is 0.647. The summed E-state index contributed by atoms with van der Waals surface area (Å²) in [6.07, 6.45) is 3.51. The molecule has 0 heterocycles. The van der Waals surface area contributed by atoms with E-state index < -0.39 is 16.6 Å². The van der Waals surface area contributed by atoms with Crippen LogP contribution in [0.4, 0.5) is 0 Å². The molecule has 0 fully saturated rings. The van der Waals surface area contributed by atoms with Crippen molar-refractivity contribution in [3.63, 3.8) is 0 Å². The van der Waals surface area contributed by atoms with E-state index in [-0.39, 0.29) is 0 Å². The number of hydrogen-bond acceptors (Lipinski definition) is 2. The van der Waals surface area contributed by atoms with Gasteiger partial charge >= 0.3 is 0 Å². The normalized spacial score (nSPS) is 12.5. The summed E-state index contributed by atoms with van der Waals surface area (Å²) in [5.74, 6) is 1.01. The molecule has 0 aliphatic carbocycles. The predicted molar refractivity (Wildman–Crippen MR) is 97.3 cm³/mol. The van der Waals surface area contributed by atoms with Crippen molar-refractivity contribution in [2.45, 2.75) is 64.5 Å². The van der Waals surface area contributed by atoms with E-state index in [1.807, 2.05) is 12.1 Å². The van der Waals surface area contributed by atoms with Crippen LogP contribution in [0.15, 0.2) is 24.3 Å². The predicted octanol–water partition coefficient (Wildman–Crippen LogP) is 5.46. The van der Waals surface area contributed by atoms with Gasteiger partial charge in [0, 0.05) is 0 Å². The molecule has 0 unspecified atom stereocenters. The van der Waals surface area contributed by atoms with Gasteiger partial charge in [0.2, 0.25) is 0 Å². The van der Waals surface area contributed by atoms with E-state index in [1.165, 1.54) is 30.5 Å². The second-order valence-electron chi connectivity index (χ2n) is 7.04. The third-order valence-corrected chi connectivity index (χ3v) is 11.5. The highest BCUT2D eigenvalue weighted by atomic mass is 28.4. The molecule has 4 heteroatoms. The van der Waals surface area contributed by atoms with Crippen LogP contribution >= 0.6 is 0 Å². The highest BCUT2D eigenvalue weighted by molar-refractivity contribution is 6.84. The molecular weight excluding hydrogens is 292 g/mol. The fourth-order valence-electron chi connectivity index (χ4n) is 3.07. The largest absolute Gasteiger partial charge is 0.496 e. The lowest BCUT2D eigenvalue weighted by molar-refractivity contribution is 0.409. The summed E-state index contributed by atoms with van der Waals surface area (Å²) in [4.78, 5) is 0. The van der Waals surface area contributed by atoms with Crippen molar-refractivity contribution in [3.8, 4) is 5.75 Å². The molecule has 21 heavy (non-hydrogen) atoms. The molecule has 0 spiro atoms. The number of para-hydroxylation sites is 1. The second-order valence-corrected chi connectivity index (χ2v) is 15.9. The Labute approximate surface area is 133 Å². The van der Waals surface area contributed by atoms with Gasteiger partial charge in [-0.2, -0.15) is 0 Å². The van der Waals surface area contributed by atoms with Crippen LogP contribution < -0.4 is 4.74 Å². The summed E-state index contributed by atoms with van der Waals surface area (Å²) in [5, 5.41) is 0. The monoisotopic (exact) mass is 324 g/mol. The maximum atomic E-state index is 6.61. The quantitative estimate of drug-likeness (QED) is 0.561. The first-order valence-corrected chi connectivity index (χ1v) is 14.3. The molecule has 0 amide bonds. The Balaban J connectivity index is 2.50. The first-order valence-electron chi connectivity index (χ1n) is 8.12. The van der Waals surface area contributed by atoms with Crippen LogP contribution in [-0.2, 0) is 10.5 Å². The van der Waals surface area contributed by atoms with Crippen LogP contribution in [0.3, 0.4) is 0 Å². The third-order valence-electron chi connectivity index (χ3n) is 3.82. The van der Waals surface area contributed by atoms with Gasteiger partial charge in [-0.15, -0.1) is 0 Å². The Morgan fingerprint density at radius 3 is 2.19 bits per heavy atom. The minimum absolute atomic E-state index is 1.01. The molecule has 1 aromatic carbocycles. The Hall–Kier alpha value is -0.586. The van der Waals surface area contributed by atoms with E-state index in [0.29, 0.717) is 0 Å². The van der Waals surface area contributed by atoms with Crippen LogP contribution in [-0.4, -0.2) is 23.7 Å². The Morgan fingerprint density at radius 1 is 0.952 bits per heavy atom. The molecule has 0 aromatic heterocycles. The van der Waals surface area contributed by atoms with E-state index in [1.54, 1.807) is 7.11 Å². The van der Waals surface area contributed by atoms with Crippen molar-refractivity contribution in [1.82, 2.24) is 0 Å². The number of aryl methyl sites for hydroxylation is 1. The van der Waals surface area contributed by atoms with Gasteiger partial charge in [0.1, 0.15) is 5.75 Å². The lowest BCUT2D eigenvalue weighted by Crippen LogP contribution is -2.44. The molecule has 0 bridgehead atoms. The van der Waals surface area contributed by atoms with Gasteiger partial charge in [-0.1, -0.05) is 31.5 Å². The van der Waals surface area contributed by atoms with Gasteiger partial charge in [0.25, 0.3) is 0 Å². The van der Waals surface area contributed by atoms with Gasteiger partial charge in [0.05, 0.1) is 7.11 Å². The Kier molecular flexibility index (Phi) is 7.17. The first kappa shape index (κ1) is 18.5. The van der Waals surface area contributed by atoms with Gasteiger partial charge in [-0.3, -0.25) is 0 Å². The molecule has 0 atom stereocenters. The average molecular weight is 325 g/mol. The lowest BCUT2D eigenvalue weighted by atomic mass is 10.1. The molecule has 0 radical (unpaired) electrons. The molecule has 2 nitrogen and oxygen atoms in total. The van der Waals surface area contributed by atoms with Crippen molar-refractivity contribution >= 4 is 16.6 Å². The first-order chi connectivity index (χ1) is 9.79. The van der Waals surface area contributed by atoms with E-state index in [9.17, 15) is 0 Å². The van der Waals surface area contributed by atoms with Gasteiger partial charge in [-0.05, 0) is 62.7 Å². The number of ether oxygens (including phenoxy) is 1. The zero-order valence-corrected chi connectivity index (χ0v) is 16.7. The second kappa shape index (κ2) is 8.15. The van der Waals surface area contributed by atoms with Crippen molar-refractivity contribution in [2.75, 3.05) is 7.11 Å². The molecule has 0 N–H and O–H groups in total. The van der Waals surface area contributed by atoms with Gasteiger partial charge in [0.15, 0.2) is 16.6 Å². The molecule has 0 saturated carbocycles. The summed E-state index contributed by atoms with van der Waals surface area (Å²) in [6, 6.07) is 10.8. The summed E-state index contributed by atoms with van der Waals surface area (Å²) in [7, 11) is -1.24. The van der Waals surface area contributed by atoms with Crippen molar-refractivity contribution in [1.29, 1.82) is 0 Å². The Morgan fingerprint density at radius 2 is 1.57 bits per heavy atom. The maximum absolute atomic E-state index is 6.61. The van der Waals surface area contributed by atoms with Crippen molar-refractivity contribution < 1.29 is 8.85 Å². The minimum atomic E-state index is -1.54. The zero-order chi connectivity index (χ0) is 15.9. The molecule has 1 aromatic rings. The minimum Gasteiger partial charge on any atom is -0.496 e. The average Bonchev–Trinajstić information content (AvgIpc) is 2.37. The topological polar surface area (TPSA) is 18.5 Å². The SMILES string of the molecule is CCC[Si](C)(C)O[Si](C)(C)CCCc1ccccc1OC. The van der Waals surface area contributed by atoms with Crippen LogP contribution in [0.5, 0.6) is 5.75 Å². The van der Waals surface area contributed by atoms with Gasteiger partial charge in [-0.25, -0.2) is 0 Å². The van der Waals surface area contributed by atoms with E-state index in [2.05, 4.69) is 45.2 Å². The molecular formula is C17H32O2Si2.